The van der Waals surface area contributed by atoms with E-state index in [1.165, 1.54) is 0 Å². The van der Waals surface area contributed by atoms with Gasteiger partial charge in [-0.2, -0.15) is 0 Å². The minimum absolute atomic E-state index is 0.136. The van der Waals surface area contributed by atoms with E-state index in [9.17, 15) is 9.59 Å². The van der Waals surface area contributed by atoms with Gasteiger partial charge in [0.25, 0.3) is 0 Å². The van der Waals surface area contributed by atoms with E-state index in [4.69, 9.17) is 17.3 Å². The predicted octanol–water partition coefficient (Wildman–Crippen LogP) is -0.858. The number of carbonyl (C=O) groups is 2. The Morgan fingerprint density at radius 3 is 2.67 bits per heavy atom. The first-order chi connectivity index (χ1) is 7.07. The molecule has 0 aromatic rings. The van der Waals surface area contributed by atoms with Gasteiger partial charge in [-0.15, -0.1) is 12.3 Å². The quantitative estimate of drug-likeness (QED) is 0.379. The van der Waals surface area contributed by atoms with Crippen molar-refractivity contribution in [3.63, 3.8) is 0 Å². The largest absolute Gasteiger partial charge is 0.381 e. The number of aliphatic hydroxyl groups excluding tert-OH is 1. The Morgan fingerprint density at radius 1 is 1.47 bits per heavy atom. The van der Waals surface area contributed by atoms with Gasteiger partial charge in [0, 0.05) is 12.8 Å². The lowest BCUT2D eigenvalue weighted by molar-refractivity contribution is -0.127. The Hall–Kier alpha value is -1.54. The lowest BCUT2D eigenvalue weighted by atomic mass is 10.2. The van der Waals surface area contributed by atoms with E-state index in [0.29, 0.717) is 19.3 Å². The molecule has 0 saturated heterocycles. The molecule has 0 bridgehead atoms. The van der Waals surface area contributed by atoms with E-state index < -0.39 is 12.0 Å². The molecule has 0 aromatic carbocycles. The van der Waals surface area contributed by atoms with Crippen LogP contribution >= 0.6 is 0 Å². The monoisotopic (exact) mass is 212 g/mol. The molecular formula is C10H16N2O3. The Morgan fingerprint density at radius 2 is 2.13 bits per heavy atom. The molecule has 15 heavy (non-hydrogen) atoms. The number of hydrogen-bond acceptors (Lipinski definition) is 3. The third-order valence-electron chi connectivity index (χ3n) is 1.80. The number of primary amides is 1. The maximum atomic E-state index is 11.1. The highest BCUT2D eigenvalue weighted by Gasteiger charge is 2.11. The van der Waals surface area contributed by atoms with Gasteiger partial charge in [0.1, 0.15) is 6.10 Å². The normalized spacial score (nSPS) is 11.5. The fourth-order valence-electron chi connectivity index (χ4n) is 0.912. The predicted molar refractivity (Wildman–Crippen MR) is 55.5 cm³/mol. The van der Waals surface area contributed by atoms with E-state index in [0.717, 1.165) is 6.42 Å². The van der Waals surface area contributed by atoms with Gasteiger partial charge < -0.3 is 16.2 Å². The van der Waals surface area contributed by atoms with Crippen molar-refractivity contribution in [2.75, 3.05) is 6.54 Å². The lowest BCUT2D eigenvalue weighted by Gasteiger charge is -2.07. The van der Waals surface area contributed by atoms with Crippen LogP contribution in [0.1, 0.15) is 25.7 Å². The third-order valence-corrected chi connectivity index (χ3v) is 1.80. The smallest absolute Gasteiger partial charge is 0.248 e. The Balaban J connectivity index is 3.50. The van der Waals surface area contributed by atoms with Crippen molar-refractivity contribution in [1.82, 2.24) is 5.32 Å². The van der Waals surface area contributed by atoms with Gasteiger partial charge in [0.2, 0.25) is 11.8 Å². The summed E-state index contributed by atoms with van der Waals surface area (Å²) in [6, 6.07) is 0. The summed E-state index contributed by atoms with van der Waals surface area (Å²) in [5.41, 5.74) is 4.80. The first kappa shape index (κ1) is 13.5. The molecule has 4 N–H and O–H groups in total. The summed E-state index contributed by atoms with van der Waals surface area (Å²) in [7, 11) is 0. The molecule has 0 rings (SSSR count). The van der Waals surface area contributed by atoms with Gasteiger partial charge in [-0.1, -0.05) is 0 Å². The molecular weight excluding hydrogens is 196 g/mol. The molecule has 0 aromatic heterocycles. The Labute approximate surface area is 89.0 Å². The van der Waals surface area contributed by atoms with E-state index in [-0.39, 0.29) is 12.5 Å². The minimum Gasteiger partial charge on any atom is -0.381 e. The summed E-state index contributed by atoms with van der Waals surface area (Å²) in [4.78, 5) is 21.5. The van der Waals surface area contributed by atoms with E-state index >= 15 is 0 Å². The SMILES string of the molecule is C#CCCCCC(=O)NCC(O)C(N)=O. The fraction of sp³-hybridized carbons (Fsp3) is 0.600. The van der Waals surface area contributed by atoms with Crippen LogP contribution in [0, 0.1) is 12.3 Å². The Kier molecular flexibility index (Phi) is 7.02. The van der Waals surface area contributed by atoms with Crippen LogP contribution in [0.2, 0.25) is 0 Å². The van der Waals surface area contributed by atoms with Gasteiger partial charge in [-0.3, -0.25) is 9.59 Å². The van der Waals surface area contributed by atoms with E-state index in [1.807, 2.05) is 0 Å². The molecule has 0 heterocycles. The molecule has 0 aliphatic heterocycles. The molecule has 0 fully saturated rings. The molecule has 1 unspecified atom stereocenters. The minimum atomic E-state index is -1.32. The highest BCUT2D eigenvalue weighted by molar-refractivity contribution is 5.80. The molecule has 0 saturated carbocycles. The maximum Gasteiger partial charge on any atom is 0.248 e. The molecule has 5 heteroatoms. The molecule has 84 valence electrons. The van der Waals surface area contributed by atoms with Crippen molar-refractivity contribution in [2.24, 2.45) is 5.73 Å². The van der Waals surface area contributed by atoms with Crippen LogP contribution in [-0.2, 0) is 9.59 Å². The fourth-order valence-corrected chi connectivity index (χ4v) is 0.912. The van der Waals surface area contributed by atoms with Crippen molar-refractivity contribution in [1.29, 1.82) is 0 Å². The Bertz CT molecular complexity index is 258. The second kappa shape index (κ2) is 7.83. The zero-order valence-electron chi connectivity index (χ0n) is 8.53. The van der Waals surface area contributed by atoms with Gasteiger partial charge in [0.05, 0.1) is 6.54 Å². The third kappa shape index (κ3) is 7.52. The molecule has 0 radical (unpaired) electrons. The highest BCUT2D eigenvalue weighted by Crippen LogP contribution is 1.98. The number of hydrogen-bond donors (Lipinski definition) is 3. The van der Waals surface area contributed by atoms with Crippen LogP contribution in [0.25, 0.3) is 0 Å². The van der Waals surface area contributed by atoms with Crippen LogP contribution in [0.4, 0.5) is 0 Å². The van der Waals surface area contributed by atoms with Crippen molar-refractivity contribution in [3.8, 4) is 12.3 Å². The molecule has 1 atom stereocenters. The number of nitrogens with two attached hydrogens (primary N) is 1. The molecule has 5 nitrogen and oxygen atoms in total. The van der Waals surface area contributed by atoms with Crippen molar-refractivity contribution in [3.05, 3.63) is 0 Å². The summed E-state index contributed by atoms with van der Waals surface area (Å²) in [5.74, 6) is 1.41. The van der Waals surface area contributed by atoms with Crippen LogP contribution < -0.4 is 11.1 Å². The number of aliphatic hydroxyl groups is 1. The standard InChI is InChI=1S/C10H16N2O3/c1-2-3-4-5-6-9(14)12-7-8(13)10(11)15/h1,8,13H,3-7H2,(H2,11,15)(H,12,14). The highest BCUT2D eigenvalue weighted by atomic mass is 16.3. The van der Waals surface area contributed by atoms with E-state index in [1.54, 1.807) is 0 Å². The van der Waals surface area contributed by atoms with Gasteiger partial charge >= 0.3 is 0 Å². The van der Waals surface area contributed by atoms with Crippen LogP contribution in [0.15, 0.2) is 0 Å². The first-order valence-electron chi connectivity index (χ1n) is 4.75. The second-order valence-electron chi connectivity index (χ2n) is 3.13. The number of rotatable bonds is 7. The first-order valence-corrected chi connectivity index (χ1v) is 4.75. The number of nitrogens with one attached hydrogen (secondary N) is 1. The van der Waals surface area contributed by atoms with Crippen LogP contribution in [-0.4, -0.2) is 29.6 Å². The average Bonchev–Trinajstić information content (AvgIpc) is 2.20. The number of amides is 2. The summed E-state index contributed by atoms with van der Waals surface area (Å²) < 4.78 is 0. The van der Waals surface area contributed by atoms with Crippen molar-refractivity contribution < 1.29 is 14.7 Å². The zero-order chi connectivity index (χ0) is 11.7. The summed E-state index contributed by atoms with van der Waals surface area (Å²) >= 11 is 0. The van der Waals surface area contributed by atoms with Gasteiger partial charge in [0.15, 0.2) is 0 Å². The lowest BCUT2D eigenvalue weighted by Crippen LogP contribution is -2.39. The van der Waals surface area contributed by atoms with Crippen molar-refractivity contribution in [2.45, 2.75) is 31.8 Å². The maximum absolute atomic E-state index is 11.1. The van der Waals surface area contributed by atoms with Gasteiger partial charge in [-0.05, 0) is 12.8 Å². The number of terminal acetylenes is 1. The zero-order valence-corrected chi connectivity index (χ0v) is 8.53. The summed E-state index contributed by atoms with van der Waals surface area (Å²) in [6.07, 6.45) is 6.20. The van der Waals surface area contributed by atoms with Crippen LogP contribution in [0.5, 0.6) is 0 Å². The molecule has 2 amide bonds. The average molecular weight is 212 g/mol. The molecule has 0 aliphatic carbocycles. The van der Waals surface area contributed by atoms with Crippen molar-refractivity contribution >= 4 is 11.8 Å². The topological polar surface area (TPSA) is 92.4 Å². The number of carbonyl (C=O) groups excluding carboxylic acids is 2. The van der Waals surface area contributed by atoms with E-state index in [2.05, 4.69) is 11.2 Å². The number of unbranched alkanes of at least 4 members (excludes halogenated alkanes) is 2. The molecule has 0 aliphatic rings. The van der Waals surface area contributed by atoms with Crippen LogP contribution in [0.3, 0.4) is 0 Å². The second-order valence-corrected chi connectivity index (χ2v) is 3.13. The summed E-state index contributed by atoms with van der Waals surface area (Å²) in [6.45, 7) is -0.136. The molecule has 0 spiro atoms. The summed E-state index contributed by atoms with van der Waals surface area (Å²) in [5, 5.41) is 11.4. The van der Waals surface area contributed by atoms with Gasteiger partial charge in [-0.25, -0.2) is 0 Å².